The number of carbonyl (C=O) groups is 3. The van der Waals surface area contributed by atoms with Gasteiger partial charge in [-0.05, 0) is 98.9 Å². The van der Waals surface area contributed by atoms with E-state index < -0.39 is 17.5 Å². The van der Waals surface area contributed by atoms with Gasteiger partial charge in [0.05, 0.1) is 29.1 Å². The first-order valence-corrected chi connectivity index (χ1v) is 18.2. The van der Waals surface area contributed by atoms with Gasteiger partial charge >= 0.3 is 0 Å². The van der Waals surface area contributed by atoms with Crippen molar-refractivity contribution in [2.75, 3.05) is 26.3 Å². The molecule has 4 atom stereocenters. The van der Waals surface area contributed by atoms with Crippen molar-refractivity contribution in [1.29, 1.82) is 0 Å². The summed E-state index contributed by atoms with van der Waals surface area (Å²) < 4.78 is 5.85. The normalized spacial score (nSPS) is 22.1. The molecule has 266 valence electrons. The monoisotopic (exact) mass is 701 g/mol. The number of H-pyrrole nitrogens is 1. The predicted octanol–water partition coefficient (Wildman–Crippen LogP) is 4.97. The van der Waals surface area contributed by atoms with Crippen molar-refractivity contribution in [1.82, 2.24) is 25.9 Å². The maximum absolute atomic E-state index is 14.2. The maximum atomic E-state index is 14.2. The minimum absolute atomic E-state index is 0.122. The van der Waals surface area contributed by atoms with Crippen molar-refractivity contribution in [3.05, 3.63) is 76.7 Å². The predicted molar refractivity (Wildman–Crippen MR) is 195 cm³/mol. The van der Waals surface area contributed by atoms with Crippen LogP contribution in [0.15, 0.2) is 59.7 Å². The van der Waals surface area contributed by atoms with Crippen molar-refractivity contribution in [3.63, 3.8) is 0 Å². The van der Waals surface area contributed by atoms with E-state index in [1.165, 1.54) is 12.3 Å². The molecule has 6 rings (SSSR count). The molecule has 0 bridgehead atoms. The fraction of sp³-hybridized carbons (Fsp3) is 0.500. The van der Waals surface area contributed by atoms with E-state index >= 15 is 0 Å². The van der Waals surface area contributed by atoms with Gasteiger partial charge in [0.25, 0.3) is 5.91 Å². The molecule has 11 nitrogen and oxygen atoms in total. The number of hydrogen-bond acceptors (Lipinski definition) is 7. The molecule has 3 aliphatic rings. The van der Waals surface area contributed by atoms with E-state index in [1.807, 2.05) is 56.3 Å². The van der Waals surface area contributed by atoms with E-state index in [9.17, 15) is 14.4 Å². The molecular weight excluding hydrogens is 654 g/mol. The maximum Gasteiger partial charge on any atom is 0.270 e. The summed E-state index contributed by atoms with van der Waals surface area (Å²) in [6.07, 6.45) is 8.10. The van der Waals surface area contributed by atoms with Crippen LogP contribution in [0.1, 0.15) is 88.2 Å². The molecule has 1 saturated heterocycles. The summed E-state index contributed by atoms with van der Waals surface area (Å²) >= 11 is 6.84. The van der Waals surface area contributed by atoms with Gasteiger partial charge in [-0.2, -0.15) is 0 Å². The van der Waals surface area contributed by atoms with Crippen molar-refractivity contribution in [2.24, 2.45) is 22.1 Å². The molecule has 2 aliphatic carbocycles. The lowest BCUT2D eigenvalue weighted by atomic mass is 9.76. The van der Waals surface area contributed by atoms with E-state index in [1.54, 1.807) is 0 Å². The first-order valence-electron chi connectivity index (χ1n) is 17.8. The third kappa shape index (κ3) is 7.03. The van der Waals surface area contributed by atoms with Crippen LogP contribution in [-0.4, -0.2) is 65.7 Å². The molecule has 2 saturated carbocycles. The smallest absolute Gasteiger partial charge is 0.270 e. The quantitative estimate of drug-likeness (QED) is 0.149. The van der Waals surface area contributed by atoms with Gasteiger partial charge in [-0.15, -0.1) is 0 Å². The van der Waals surface area contributed by atoms with Crippen LogP contribution in [0, 0.1) is 11.3 Å². The Hall–Kier alpha value is -4.22. The van der Waals surface area contributed by atoms with Gasteiger partial charge in [-0.25, -0.2) is 4.98 Å². The summed E-state index contributed by atoms with van der Waals surface area (Å²) in [4.78, 5) is 53.9. The largest absolute Gasteiger partial charge is 0.405 e. The number of nitrogens with two attached hydrogens (primary N) is 1. The van der Waals surface area contributed by atoms with Crippen molar-refractivity contribution >= 4 is 46.1 Å². The summed E-state index contributed by atoms with van der Waals surface area (Å²) in [6, 6.07) is 12.3. The standard InChI is InChI=1S/C38H48ClN7O4/c1-4-41-28(15-19-40)34(47)45-32(30(37(3)16-17-37)25-11-6-7-12-26(25)39)33-43-27-14-13-24(21-29(27)44-33)38(18-20-50-22-38)36(49)46-31(23-9-8-10-23)35(48)42-5-2/h6-7,11-15,19,21,23,30-32H,4-5,8-10,16-18,20,22,40H2,1-3H3,(H,42,48)(H,43,44)(H,45,47)(H,46,49)/t30-,31+,32-,38?/m0/s1. The Morgan fingerprint density at radius 2 is 1.92 bits per heavy atom. The highest BCUT2D eigenvalue weighted by Crippen LogP contribution is 2.60. The fourth-order valence-electron chi connectivity index (χ4n) is 7.49. The molecule has 1 unspecified atom stereocenters. The van der Waals surface area contributed by atoms with Gasteiger partial charge in [0.2, 0.25) is 11.8 Å². The number of nitrogens with zero attached hydrogens (tertiary/aromatic N) is 2. The van der Waals surface area contributed by atoms with Crippen molar-refractivity contribution in [3.8, 4) is 0 Å². The number of halogens is 1. The number of carbonyl (C=O) groups excluding carboxylic acids is 3. The lowest BCUT2D eigenvalue weighted by Crippen LogP contribution is -2.57. The van der Waals surface area contributed by atoms with E-state index in [0.29, 0.717) is 42.5 Å². The van der Waals surface area contributed by atoms with E-state index in [2.05, 4.69) is 32.9 Å². The number of rotatable bonds is 14. The van der Waals surface area contributed by atoms with Gasteiger partial charge in [0.15, 0.2) is 0 Å². The van der Waals surface area contributed by atoms with Gasteiger partial charge < -0.3 is 31.4 Å². The second-order valence-electron chi connectivity index (χ2n) is 14.1. The van der Waals surface area contributed by atoms with Crippen LogP contribution < -0.4 is 21.7 Å². The Balaban J connectivity index is 1.39. The zero-order chi connectivity index (χ0) is 35.5. The number of imidazole rings is 1. The molecule has 50 heavy (non-hydrogen) atoms. The van der Waals surface area contributed by atoms with E-state index in [4.69, 9.17) is 27.1 Å². The van der Waals surface area contributed by atoms with Crippen LogP contribution in [0.2, 0.25) is 5.02 Å². The minimum Gasteiger partial charge on any atom is -0.405 e. The highest BCUT2D eigenvalue weighted by Gasteiger charge is 2.51. The molecular formula is C38H48ClN7O4. The second-order valence-corrected chi connectivity index (χ2v) is 14.5. The highest BCUT2D eigenvalue weighted by atomic mass is 35.5. The minimum atomic E-state index is -0.969. The number of aromatic nitrogens is 2. The Morgan fingerprint density at radius 3 is 2.54 bits per heavy atom. The summed E-state index contributed by atoms with van der Waals surface area (Å²) in [5, 5.41) is 9.89. The van der Waals surface area contributed by atoms with Crippen LogP contribution in [0.3, 0.4) is 0 Å². The zero-order valence-electron chi connectivity index (χ0n) is 29.1. The number of aliphatic imine (C=N–C) groups is 1. The Bertz CT molecular complexity index is 1790. The number of likely N-dealkylation sites (N-methyl/N-ethyl adjacent to an activating group) is 1. The van der Waals surface area contributed by atoms with Crippen LogP contribution in [0.4, 0.5) is 0 Å². The molecule has 6 N–H and O–H groups in total. The third-order valence-electron chi connectivity index (χ3n) is 10.8. The average molecular weight is 702 g/mol. The molecule has 2 heterocycles. The first-order chi connectivity index (χ1) is 24.1. The summed E-state index contributed by atoms with van der Waals surface area (Å²) in [7, 11) is 0. The van der Waals surface area contributed by atoms with Crippen LogP contribution in [0.25, 0.3) is 11.0 Å². The van der Waals surface area contributed by atoms with Gasteiger partial charge in [-0.1, -0.05) is 49.2 Å². The first kappa shape index (κ1) is 35.6. The van der Waals surface area contributed by atoms with E-state index in [-0.39, 0.29) is 47.3 Å². The van der Waals surface area contributed by atoms with Crippen LogP contribution in [-0.2, 0) is 24.5 Å². The molecule has 2 aromatic carbocycles. The summed E-state index contributed by atoms with van der Waals surface area (Å²) in [5.41, 5.74) is 7.92. The SMILES string of the molecule is CCN=C(C=CN)C(=O)N[C@H](c1nc2ccc(C3(C(=O)N[C@@H](C(=O)NCC)C4CCC4)CCOC3)cc2[nH]1)[C@H](c1ccccc1Cl)C1(C)CC1. The summed E-state index contributed by atoms with van der Waals surface area (Å²) in [5.74, 6) is -0.238. The van der Waals surface area contributed by atoms with Gasteiger partial charge in [0, 0.05) is 30.6 Å². The van der Waals surface area contributed by atoms with E-state index in [0.717, 1.165) is 48.7 Å². The molecule has 12 heteroatoms. The lowest BCUT2D eigenvalue weighted by Gasteiger charge is -2.36. The molecule has 3 aromatic rings. The van der Waals surface area contributed by atoms with Crippen LogP contribution >= 0.6 is 11.6 Å². The number of fused-ring (bicyclic) bond motifs is 1. The molecule has 1 aromatic heterocycles. The molecule has 3 fully saturated rings. The lowest BCUT2D eigenvalue weighted by molar-refractivity contribution is -0.134. The van der Waals surface area contributed by atoms with Gasteiger partial charge in [0.1, 0.15) is 17.6 Å². The Morgan fingerprint density at radius 1 is 1.14 bits per heavy atom. The van der Waals surface area contributed by atoms with Gasteiger partial charge in [-0.3, -0.25) is 19.4 Å². The molecule has 3 amide bonds. The number of nitrogens with one attached hydrogen (secondary N) is 4. The summed E-state index contributed by atoms with van der Waals surface area (Å²) in [6.45, 7) is 7.50. The average Bonchev–Trinajstić information content (AvgIpc) is 3.44. The van der Waals surface area contributed by atoms with Crippen molar-refractivity contribution in [2.45, 2.75) is 82.7 Å². The number of hydrogen-bond donors (Lipinski definition) is 5. The zero-order valence-corrected chi connectivity index (χ0v) is 29.8. The molecule has 0 spiro atoms. The third-order valence-corrected chi connectivity index (χ3v) is 11.2. The molecule has 1 aliphatic heterocycles. The Kier molecular flexibility index (Phi) is 10.6. The second kappa shape index (κ2) is 14.9. The molecule has 0 radical (unpaired) electrons. The number of benzene rings is 2. The van der Waals surface area contributed by atoms with Crippen LogP contribution in [0.5, 0.6) is 0 Å². The number of ether oxygens (including phenoxy) is 1. The number of aromatic amines is 1. The fourth-order valence-corrected chi connectivity index (χ4v) is 7.74. The Labute approximate surface area is 298 Å². The van der Waals surface area contributed by atoms with Crippen molar-refractivity contribution < 1.29 is 19.1 Å². The number of amides is 3. The topological polar surface area (TPSA) is 164 Å². The highest BCUT2D eigenvalue weighted by molar-refractivity contribution is 6.43.